The highest BCUT2D eigenvalue weighted by molar-refractivity contribution is 7.99. The molecule has 0 aliphatic carbocycles. The number of carbonyl (C=O) groups is 1. The van der Waals surface area contributed by atoms with Crippen molar-refractivity contribution < 1.29 is 14.6 Å². The van der Waals surface area contributed by atoms with E-state index in [1.54, 1.807) is 7.11 Å². The molecule has 0 amide bonds. The van der Waals surface area contributed by atoms with Gasteiger partial charge >= 0.3 is 5.97 Å². The number of halogens is 1. The number of rotatable bonds is 13. The van der Waals surface area contributed by atoms with Crippen LogP contribution in [0.4, 0.5) is 0 Å². The molecule has 1 aromatic heterocycles. The van der Waals surface area contributed by atoms with Crippen LogP contribution in [0.3, 0.4) is 0 Å². The Hall–Kier alpha value is -2.28. The molecule has 1 N–H and O–H groups in total. The molecule has 1 aliphatic rings. The fraction of sp³-hybridized carbons (Fsp3) is 0.467. The molecule has 1 aliphatic heterocycles. The number of hydrogen-bond acceptors (Lipinski definition) is 5. The van der Waals surface area contributed by atoms with Crippen molar-refractivity contribution in [1.29, 1.82) is 0 Å². The molecule has 37 heavy (non-hydrogen) atoms. The quantitative estimate of drug-likeness (QED) is 0.183. The number of hydrogen-bond donors (Lipinski definition) is 1. The molecule has 5 nitrogen and oxygen atoms in total. The summed E-state index contributed by atoms with van der Waals surface area (Å²) in [6.07, 6.45) is 8.39. The van der Waals surface area contributed by atoms with E-state index in [9.17, 15) is 9.90 Å². The zero-order chi connectivity index (χ0) is 26.0. The Morgan fingerprint density at radius 1 is 1.16 bits per heavy atom. The van der Waals surface area contributed by atoms with Crippen LogP contribution in [0, 0.1) is 11.8 Å². The first-order chi connectivity index (χ1) is 18.0. The molecule has 2 unspecified atom stereocenters. The second-order valence-corrected chi connectivity index (χ2v) is 11.5. The average Bonchev–Trinajstić information content (AvgIpc) is 2.91. The number of carboxylic acid groups (broad SMARTS) is 1. The highest BCUT2D eigenvalue weighted by atomic mass is 35.5. The van der Waals surface area contributed by atoms with Gasteiger partial charge in [-0.3, -0.25) is 9.78 Å². The van der Waals surface area contributed by atoms with Gasteiger partial charge in [-0.25, -0.2) is 0 Å². The van der Waals surface area contributed by atoms with Crippen LogP contribution < -0.4 is 4.74 Å². The Bertz CT molecular complexity index is 1170. The maximum Gasteiger partial charge on any atom is 0.303 e. The lowest BCUT2D eigenvalue weighted by molar-refractivity contribution is -0.137. The summed E-state index contributed by atoms with van der Waals surface area (Å²) in [5.74, 6) is 2.22. The Labute approximate surface area is 229 Å². The maximum atomic E-state index is 11.3. The number of carboxylic acids is 1. The van der Waals surface area contributed by atoms with Crippen molar-refractivity contribution in [3.63, 3.8) is 0 Å². The molecule has 2 heterocycles. The van der Waals surface area contributed by atoms with Crippen LogP contribution in [0.2, 0.25) is 5.02 Å². The summed E-state index contributed by atoms with van der Waals surface area (Å²) < 4.78 is 5.42. The highest BCUT2D eigenvalue weighted by Crippen LogP contribution is 2.33. The Morgan fingerprint density at radius 3 is 2.84 bits per heavy atom. The van der Waals surface area contributed by atoms with Crippen molar-refractivity contribution in [2.75, 3.05) is 32.5 Å². The average molecular weight is 541 g/mol. The number of nitrogens with zero attached hydrogens (tertiary/aromatic N) is 2. The van der Waals surface area contributed by atoms with Gasteiger partial charge in [-0.15, -0.1) is 11.8 Å². The molecule has 0 bridgehead atoms. The van der Waals surface area contributed by atoms with Crippen LogP contribution in [-0.4, -0.2) is 53.5 Å². The van der Waals surface area contributed by atoms with Crippen molar-refractivity contribution in [2.45, 2.75) is 49.8 Å². The van der Waals surface area contributed by atoms with Gasteiger partial charge in [-0.1, -0.05) is 23.7 Å². The van der Waals surface area contributed by atoms with E-state index in [0.717, 1.165) is 90.5 Å². The van der Waals surface area contributed by atoms with Crippen molar-refractivity contribution in [3.05, 3.63) is 65.3 Å². The van der Waals surface area contributed by atoms with E-state index in [4.69, 9.17) is 16.3 Å². The number of piperidine rings is 1. The second-order valence-electron chi connectivity index (χ2n) is 9.92. The molecule has 0 spiro atoms. The molecule has 2 aromatic carbocycles. The largest absolute Gasteiger partial charge is 0.497 e. The molecule has 1 saturated heterocycles. The van der Waals surface area contributed by atoms with Crippen LogP contribution in [0.15, 0.2) is 59.6 Å². The van der Waals surface area contributed by atoms with Gasteiger partial charge in [0.15, 0.2) is 0 Å². The molecule has 0 saturated carbocycles. The van der Waals surface area contributed by atoms with Gasteiger partial charge < -0.3 is 14.7 Å². The van der Waals surface area contributed by atoms with Crippen LogP contribution in [0.5, 0.6) is 5.75 Å². The first-order valence-electron chi connectivity index (χ1n) is 13.3. The molecule has 7 heteroatoms. The predicted octanol–water partition coefficient (Wildman–Crippen LogP) is 7.20. The van der Waals surface area contributed by atoms with E-state index in [-0.39, 0.29) is 6.42 Å². The number of aliphatic carboxylic acids is 1. The molecular weight excluding hydrogens is 504 g/mol. The second kappa shape index (κ2) is 14.0. The highest BCUT2D eigenvalue weighted by Gasteiger charge is 2.29. The smallest absolute Gasteiger partial charge is 0.303 e. The third-order valence-corrected chi connectivity index (χ3v) is 9.08. The zero-order valence-corrected chi connectivity index (χ0v) is 23.1. The van der Waals surface area contributed by atoms with E-state index in [1.165, 1.54) is 5.56 Å². The lowest BCUT2D eigenvalue weighted by Crippen LogP contribution is -2.41. The number of aromatic nitrogens is 1. The fourth-order valence-corrected chi connectivity index (χ4v) is 6.66. The number of fused-ring (bicyclic) bond motifs is 1. The van der Waals surface area contributed by atoms with Gasteiger partial charge in [-0.05, 0) is 111 Å². The minimum absolute atomic E-state index is 0.256. The van der Waals surface area contributed by atoms with Crippen LogP contribution in [-0.2, 0) is 11.2 Å². The number of ether oxygens (including phenoxy) is 1. The van der Waals surface area contributed by atoms with Crippen LogP contribution >= 0.6 is 23.4 Å². The van der Waals surface area contributed by atoms with Crippen LogP contribution in [0.25, 0.3) is 10.9 Å². The Balaban J connectivity index is 1.28. The lowest BCUT2D eigenvalue weighted by Gasteiger charge is -2.39. The maximum absolute atomic E-state index is 11.3. The van der Waals surface area contributed by atoms with E-state index >= 15 is 0 Å². The third-order valence-electron chi connectivity index (χ3n) is 7.48. The summed E-state index contributed by atoms with van der Waals surface area (Å²) >= 11 is 8.10. The topological polar surface area (TPSA) is 62.7 Å². The van der Waals surface area contributed by atoms with Crippen LogP contribution in [0.1, 0.15) is 44.1 Å². The van der Waals surface area contributed by atoms with E-state index in [2.05, 4.69) is 28.1 Å². The Kier molecular flexibility index (Phi) is 10.5. The standard InChI is InChI=1S/C30H37ClN2O3S/c1-36-25-11-12-28-26(20-25)23(14-16-32-28)7-4-6-22-15-18-33(21-24(22)10-13-30(34)35)17-5-19-37-29-9-3-2-8-27(29)31/h2-3,8-9,11-12,14,16,20,22,24H,4-7,10,13,15,17-19,21H2,1H3,(H,34,35). The SMILES string of the molecule is COc1ccc2nccc(CCCC3CCN(CCCSc4ccccc4Cl)CC3CCC(=O)O)c2c1. The van der Waals surface area contributed by atoms with Crippen molar-refractivity contribution in [3.8, 4) is 5.75 Å². The van der Waals surface area contributed by atoms with Gasteiger partial charge in [0, 0.05) is 29.4 Å². The lowest BCUT2D eigenvalue weighted by atomic mass is 9.79. The monoisotopic (exact) mass is 540 g/mol. The van der Waals surface area contributed by atoms with Gasteiger partial charge in [0.05, 0.1) is 17.6 Å². The van der Waals surface area contributed by atoms with Gasteiger partial charge in [0.1, 0.15) is 5.75 Å². The minimum Gasteiger partial charge on any atom is -0.497 e. The first-order valence-corrected chi connectivity index (χ1v) is 14.6. The van der Waals surface area contributed by atoms with Crippen molar-refractivity contribution in [1.82, 2.24) is 9.88 Å². The fourth-order valence-electron chi connectivity index (χ4n) is 5.49. The number of methoxy groups -OCH3 is 1. The van der Waals surface area contributed by atoms with Gasteiger partial charge in [-0.2, -0.15) is 0 Å². The first kappa shape index (κ1) is 27.7. The number of likely N-dealkylation sites (tertiary alicyclic amines) is 1. The minimum atomic E-state index is -0.691. The van der Waals surface area contributed by atoms with Gasteiger partial charge in [0.2, 0.25) is 0 Å². The summed E-state index contributed by atoms with van der Waals surface area (Å²) in [7, 11) is 1.69. The molecule has 198 valence electrons. The molecule has 4 rings (SSSR count). The summed E-state index contributed by atoms with van der Waals surface area (Å²) in [6.45, 7) is 3.16. The Morgan fingerprint density at radius 2 is 2.03 bits per heavy atom. The number of thioether (sulfide) groups is 1. The normalized spacial score (nSPS) is 18.2. The van der Waals surface area contributed by atoms with Gasteiger partial charge in [0.25, 0.3) is 0 Å². The van der Waals surface area contributed by atoms with Crippen molar-refractivity contribution in [2.24, 2.45) is 11.8 Å². The summed E-state index contributed by atoms with van der Waals surface area (Å²) in [5, 5.41) is 11.3. The zero-order valence-electron chi connectivity index (χ0n) is 21.6. The number of benzene rings is 2. The van der Waals surface area contributed by atoms with E-state index in [0.29, 0.717) is 11.8 Å². The number of pyridine rings is 1. The molecule has 0 radical (unpaired) electrons. The molecular formula is C30H37ClN2O3S. The van der Waals surface area contributed by atoms with E-state index < -0.39 is 5.97 Å². The number of aryl methyl sites for hydroxylation is 1. The molecule has 2 atom stereocenters. The summed E-state index contributed by atoms with van der Waals surface area (Å²) in [6, 6.07) is 16.2. The molecule has 1 fully saturated rings. The summed E-state index contributed by atoms with van der Waals surface area (Å²) in [5.41, 5.74) is 2.30. The van der Waals surface area contributed by atoms with E-state index in [1.807, 2.05) is 48.3 Å². The summed E-state index contributed by atoms with van der Waals surface area (Å²) in [4.78, 5) is 19.5. The van der Waals surface area contributed by atoms with Crippen molar-refractivity contribution >= 4 is 40.2 Å². The predicted molar refractivity (Wildman–Crippen MR) is 153 cm³/mol. The third kappa shape index (κ3) is 8.10. The molecule has 3 aromatic rings.